The number of hydrogen-bond acceptors (Lipinski definition) is 3. The quantitative estimate of drug-likeness (QED) is 0.427. The predicted octanol–water partition coefficient (Wildman–Crippen LogP) is 4.93. The molecule has 2 amide bonds. The maximum absolute atomic E-state index is 13.5. The molecule has 0 saturated carbocycles. The van der Waals surface area contributed by atoms with E-state index in [2.05, 4.69) is 5.32 Å². The Hall–Kier alpha value is -3.67. The van der Waals surface area contributed by atoms with E-state index in [1.807, 2.05) is 75.4 Å². The summed E-state index contributed by atoms with van der Waals surface area (Å²) in [6, 6.07) is 22.3. The summed E-state index contributed by atoms with van der Waals surface area (Å²) in [7, 11) is 0. The third-order valence-electron chi connectivity index (χ3n) is 5.67. The molecule has 0 aliphatic rings. The minimum absolute atomic E-state index is 0.156. The van der Waals surface area contributed by atoms with Crippen LogP contribution in [-0.4, -0.2) is 35.9 Å². The molecule has 0 aromatic heterocycles. The van der Waals surface area contributed by atoms with Crippen LogP contribution in [0.4, 0.5) is 4.39 Å². The number of aryl methyl sites for hydroxylation is 1. The third kappa shape index (κ3) is 7.95. The lowest BCUT2D eigenvalue weighted by molar-refractivity contribution is -0.142. The van der Waals surface area contributed by atoms with Gasteiger partial charge in [0.25, 0.3) is 5.91 Å². The fraction of sp³-hybridized carbons (Fsp3) is 0.310. The number of nitrogens with one attached hydrogen (secondary N) is 1. The first-order valence-electron chi connectivity index (χ1n) is 11.9. The van der Waals surface area contributed by atoms with Crippen LogP contribution < -0.4 is 10.1 Å². The predicted molar refractivity (Wildman–Crippen MR) is 135 cm³/mol. The minimum atomic E-state index is -0.755. The zero-order valence-corrected chi connectivity index (χ0v) is 20.5. The molecule has 0 aliphatic carbocycles. The van der Waals surface area contributed by atoms with Gasteiger partial charge in [-0.1, -0.05) is 74.5 Å². The molecular weight excluding hydrogens is 443 g/mol. The lowest BCUT2D eigenvalue weighted by atomic mass is 10.0. The molecule has 3 aromatic carbocycles. The molecule has 0 fully saturated rings. The van der Waals surface area contributed by atoms with Crippen LogP contribution in [0, 0.1) is 18.7 Å². The van der Waals surface area contributed by atoms with Crippen molar-refractivity contribution in [2.24, 2.45) is 5.92 Å². The highest BCUT2D eigenvalue weighted by Gasteiger charge is 2.30. The molecule has 1 N–H and O–H groups in total. The standard InChI is InChI=1S/C29H33FN2O3/c1-21(2)18-31-29(34)26(17-23-10-5-4-6-11-23)32(19-24-13-15-25(30)16-14-24)28(33)20-35-27-12-8-7-9-22(27)3/h4-16,21,26H,17-20H2,1-3H3,(H,31,34)/t26-/m1/s1. The van der Waals surface area contributed by atoms with E-state index in [0.29, 0.717) is 18.7 Å². The number of hydrogen-bond donors (Lipinski definition) is 1. The number of carbonyl (C=O) groups excluding carboxylic acids is 2. The van der Waals surface area contributed by atoms with Crippen molar-refractivity contribution >= 4 is 11.8 Å². The molecule has 0 aliphatic heterocycles. The second-order valence-corrected chi connectivity index (χ2v) is 9.05. The van der Waals surface area contributed by atoms with Crippen molar-refractivity contribution in [2.45, 2.75) is 39.8 Å². The summed E-state index contributed by atoms with van der Waals surface area (Å²) in [6.07, 6.45) is 0.349. The fourth-order valence-corrected chi connectivity index (χ4v) is 3.70. The van der Waals surface area contributed by atoms with Gasteiger partial charge in [0.05, 0.1) is 0 Å². The molecule has 6 heteroatoms. The van der Waals surface area contributed by atoms with Crippen LogP contribution in [0.15, 0.2) is 78.9 Å². The lowest BCUT2D eigenvalue weighted by Crippen LogP contribution is -2.52. The van der Waals surface area contributed by atoms with Gasteiger partial charge in [-0.2, -0.15) is 0 Å². The number of benzene rings is 3. The number of halogens is 1. The number of carbonyl (C=O) groups is 2. The Morgan fingerprint density at radius 2 is 1.57 bits per heavy atom. The lowest BCUT2D eigenvalue weighted by Gasteiger charge is -2.31. The van der Waals surface area contributed by atoms with Crippen molar-refractivity contribution in [1.29, 1.82) is 0 Å². The fourth-order valence-electron chi connectivity index (χ4n) is 3.70. The molecule has 0 bridgehead atoms. The van der Waals surface area contributed by atoms with Gasteiger partial charge in [-0.15, -0.1) is 0 Å². The maximum atomic E-state index is 13.5. The molecule has 1 atom stereocenters. The molecule has 0 saturated heterocycles. The molecule has 184 valence electrons. The van der Waals surface area contributed by atoms with Gasteiger partial charge >= 0.3 is 0 Å². The van der Waals surface area contributed by atoms with Crippen LogP contribution in [-0.2, 0) is 22.6 Å². The summed E-state index contributed by atoms with van der Waals surface area (Å²) < 4.78 is 19.3. The number of ether oxygens (including phenoxy) is 1. The average molecular weight is 477 g/mol. The van der Waals surface area contributed by atoms with E-state index < -0.39 is 6.04 Å². The molecule has 0 unspecified atom stereocenters. The first-order chi connectivity index (χ1) is 16.8. The first kappa shape index (κ1) is 25.9. The van der Waals surface area contributed by atoms with E-state index in [1.54, 1.807) is 12.1 Å². The van der Waals surface area contributed by atoms with Gasteiger partial charge < -0.3 is 15.0 Å². The summed E-state index contributed by atoms with van der Waals surface area (Å²) >= 11 is 0. The number of rotatable bonds is 11. The van der Waals surface area contributed by atoms with Gasteiger partial charge in [0, 0.05) is 19.5 Å². The molecule has 5 nitrogen and oxygen atoms in total. The Morgan fingerprint density at radius 1 is 0.914 bits per heavy atom. The minimum Gasteiger partial charge on any atom is -0.484 e. The molecule has 3 aromatic rings. The van der Waals surface area contributed by atoms with Crippen LogP contribution in [0.5, 0.6) is 5.75 Å². The Balaban J connectivity index is 1.90. The van der Waals surface area contributed by atoms with Gasteiger partial charge in [0.15, 0.2) is 6.61 Å². The second kappa shape index (κ2) is 12.7. The van der Waals surface area contributed by atoms with Crippen LogP contribution in [0.2, 0.25) is 0 Å². The van der Waals surface area contributed by atoms with Crippen LogP contribution in [0.25, 0.3) is 0 Å². The monoisotopic (exact) mass is 476 g/mol. The van der Waals surface area contributed by atoms with Crippen molar-refractivity contribution < 1.29 is 18.7 Å². The first-order valence-corrected chi connectivity index (χ1v) is 11.9. The molecule has 0 heterocycles. The summed E-state index contributed by atoms with van der Waals surface area (Å²) in [6.45, 7) is 6.39. The highest BCUT2D eigenvalue weighted by Crippen LogP contribution is 2.19. The number of nitrogens with zero attached hydrogens (tertiary/aromatic N) is 1. The Kier molecular flexibility index (Phi) is 9.41. The Bertz CT molecular complexity index is 1100. The summed E-state index contributed by atoms with van der Waals surface area (Å²) in [4.78, 5) is 28.4. The van der Waals surface area contributed by atoms with Gasteiger partial charge in [0.2, 0.25) is 5.91 Å². The molecule has 0 spiro atoms. The normalized spacial score (nSPS) is 11.7. The summed E-state index contributed by atoms with van der Waals surface area (Å²) in [5.74, 6) is -0.0226. The summed E-state index contributed by atoms with van der Waals surface area (Å²) in [5, 5.41) is 2.98. The van der Waals surface area contributed by atoms with Crippen LogP contribution in [0.3, 0.4) is 0 Å². The van der Waals surface area contributed by atoms with E-state index in [-0.39, 0.29) is 36.7 Å². The van der Waals surface area contributed by atoms with Crippen LogP contribution in [0.1, 0.15) is 30.5 Å². The Labute approximate surface area is 206 Å². The van der Waals surface area contributed by atoms with Gasteiger partial charge in [-0.3, -0.25) is 9.59 Å². The van der Waals surface area contributed by atoms with Crippen molar-refractivity contribution in [1.82, 2.24) is 10.2 Å². The summed E-state index contributed by atoms with van der Waals surface area (Å²) in [5.41, 5.74) is 2.58. The van der Waals surface area contributed by atoms with Crippen molar-refractivity contribution in [3.05, 3.63) is 101 Å². The van der Waals surface area contributed by atoms with E-state index in [4.69, 9.17) is 4.74 Å². The van der Waals surface area contributed by atoms with E-state index in [0.717, 1.165) is 16.7 Å². The molecule has 0 radical (unpaired) electrons. The van der Waals surface area contributed by atoms with Crippen molar-refractivity contribution in [3.8, 4) is 5.75 Å². The zero-order valence-electron chi connectivity index (χ0n) is 20.5. The SMILES string of the molecule is Cc1ccccc1OCC(=O)N(Cc1ccc(F)cc1)[C@H](Cc1ccccc1)C(=O)NCC(C)C. The van der Waals surface area contributed by atoms with Gasteiger partial charge in [-0.25, -0.2) is 4.39 Å². The maximum Gasteiger partial charge on any atom is 0.261 e. The highest BCUT2D eigenvalue weighted by atomic mass is 19.1. The van der Waals surface area contributed by atoms with E-state index in [9.17, 15) is 14.0 Å². The smallest absolute Gasteiger partial charge is 0.261 e. The highest BCUT2D eigenvalue weighted by molar-refractivity contribution is 5.88. The Morgan fingerprint density at radius 3 is 2.23 bits per heavy atom. The van der Waals surface area contributed by atoms with Crippen molar-refractivity contribution in [2.75, 3.05) is 13.2 Å². The second-order valence-electron chi connectivity index (χ2n) is 9.05. The van der Waals surface area contributed by atoms with Crippen LogP contribution >= 0.6 is 0 Å². The van der Waals surface area contributed by atoms with Crippen molar-refractivity contribution in [3.63, 3.8) is 0 Å². The zero-order chi connectivity index (χ0) is 25.2. The number of para-hydroxylation sites is 1. The van der Waals surface area contributed by atoms with E-state index in [1.165, 1.54) is 17.0 Å². The van der Waals surface area contributed by atoms with Gasteiger partial charge in [-0.05, 0) is 47.7 Å². The average Bonchev–Trinajstić information content (AvgIpc) is 2.85. The third-order valence-corrected chi connectivity index (χ3v) is 5.67. The largest absolute Gasteiger partial charge is 0.484 e. The number of amides is 2. The molecule has 3 rings (SSSR count). The van der Waals surface area contributed by atoms with E-state index >= 15 is 0 Å². The molecular formula is C29H33FN2O3. The molecule has 35 heavy (non-hydrogen) atoms. The topological polar surface area (TPSA) is 58.6 Å². The van der Waals surface area contributed by atoms with Gasteiger partial charge in [0.1, 0.15) is 17.6 Å².